The van der Waals surface area contributed by atoms with Gasteiger partial charge in [0.25, 0.3) is 0 Å². The molecule has 2 amide bonds. The Morgan fingerprint density at radius 2 is 2.05 bits per heavy atom. The molecule has 5 nitrogen and oxygen atoms in total. The summed E-state index contributed by atoms with van der Waals surface area (Å²) in [6.07, 6.45) is 4.91. The van der Waals surface area contributed by atoms with Crippen molar-refractivity contribution in [3.05, 3.63) is 0 Å². The number of imide groups is 1. The van der Waals surface area contributed by atoms with Crippen LogP contribution < -0.4 is 5.32 Å². The van der Waals surface area contributed by atoms with Gasteiger partial charge in [-0.2, -0.15) is 0 Å². The molecule has 3 fully saturated rings. The number of carbonyl (C=O) groups is 2. The van der Waals surface area contributed by atoms with Gasteiger partial charge in [-0.1, -0.05) is 6.92 Å². The molecule has 0 radical (unpaired) electrons. The molecule has 1 aliphatic carbocycles. The van der Waals surface area contributed by atoms with Crippen LogP contribution in [0.25, 0.3) is 0 Å². The molecule has 2 saturated heterocycles. The maximum absolute atomic E-state index is 12.4. The van der Waals surface area contributed by atoms with Gasteiger partial charge >= 0.3 is 0 Å². The Labute approximate surface area is 120 Å². The average molecular weight is 279 g/mol. The molecule has 2 heterocycles. The van der Waals surface area contributed by atoms with Crippen molar-refractivity contribution in [1.29, 1.82) is 0 Å². The third kappa shape index (κ3) is 2.61. The van der Waals surface area contributed by atoms with Crippen LogP contribution in [0.2, 0.25) is 0 Å². The molecule has 3 aliphatic rings. The molecule has 5 heteroatoms. The lowest BCUT2D eigenvalue weighted by Crippen LogP contribution is -2.46. The van der Waals surface area contributed by atoms with Gasteiger partial charge in [-0.15, -0.1) is 0 Å². The molecular weight excluding hydrogens is 254 g/mol. The van der Waals surface area contributed by atoms with Crippen LogP contribution >= 0.6 is 0 Å². The normalized spacial score (nSPS) is 33.2. The molecule has 2 aliphatic heterocycles. The minimum absolute atomic E-state index is 0.0149. The average Bonchev–Trinajstić information content (AvgIpc) is 3.11. The van der Waals surface area contributed by atoms with Gasteiger partial charge in [-0.25, -0.2) is 0 Å². The Bertz CT molecular complexity index is 408. The minimum atomic E-state index is -0.291. The van der Waals surface area contributed by atoms with Crippen LogP contribution in [-0.2, 0) is 9.59 Å². The molecule has 20 heavy (non-hydrogen) atoms. The molecule has 3 rings (SSSR count). The van der Waals surface area contributed by atoms with Crippen LogP contribution in [0.3, 0.4) is 0 Å². The van der Waals surface area contributed by atoms with Gasteiger partial charge in [0.2, 0.25) is 11.8 Å². The highest BCUT2D eigenvalue weighted by Crippen LogP contribution is 2.30. The van der Waals surface area contributed by atoms with Gasteiger partial charge in [0.05, 0.1) is 12.5 Å². The van der Waals surface area contributed by atoms with Crippen LogP contribution in [0.15, 0.2) is 0 Å². The van der Waals surface area contributed by atoms with Gasteiger partial charge in [-0.3, -0.25) is 19.4 Å². The van der Waals surface area contributed by atoms with E-state index in [0.717, 1.165) is 32.0 Å². The summed E-state index contributed by atoms with van der Waals surface area (Å²) in [4.78, 5) is 28.4. The summed E-state index contributed by atoms with van der Waals surface area (Å²) in [6, 6.07) is 0.891. The molecule has 112 valence electrons. The van der Waals surface area contributed by atoms with Gasteiger partial charge in [-0.05, 0) is 32.6 Å². The largest absolute Gasteiger partial charge is 0.301 e. The second-order valence-corrected chi connectivity index (χ2v) is 6.49. The van der Waals surface area contributed by atoms with Gasteiger partial charge in [0.1, 0.15) is 0 Å². The number of amides is 2. The van der Waals surface area contributed by atoms with Crippen molar-refractivity contribution < 1.29 is 9.59 Å². The van der Waals surface area contributed by atoms with Crippen LogP contribution in [0.4, 0.5) is 0 Å². The van der Waals surface area contributed by atoms with E-state index in [-0.39, 0.29) is 23.9 Å². The Hall–Kier alpha value is -0.940. The number of rotatable bonds is 5. The lowest BCUT2D eigenvalue weighted by Gasteiger charge is -2.23. The number of hydrogen-bond donors (Lipinski definition) is 1. The Morgan fingerprint density at radius 3 is 2.70 bits per heavy atom. The standard InChI is InChI=1S/C15H25N3O2/c1-3-10(2)18-14(19)8-13(15(18)20)16-11-6-7-17(9-11)12-4-5-12/h10-13,16H,3-9H2,1-2H3. The topological polar surface area (TPSA) is 52.7 Å². The number of likely N-dealkylation sites (tertiary alicyclic amines) is 2. The smallest absolute Gasteiger partial charge is 0.247 e. The van der Waals surface area contributed by atoms with Crippen molar-refractivity contribution in [1.82, 2.24) is 15.1 Å². The number of hydrogen-bond acceptors (Lipinski definition) is 4. The molecule has 0 bridgehead atoms. The first-order valence-corrected chi connectivity index (χ1v) is 7.96. The van der Waals surface area contributed by atoms with E-state index < -0.39 is 0 Å². The summed E-state index contributed by atoms with van der Waals surface area (Å²) < 4.78 is 0. The lowest BCUT2D eigenvalue weighted by atomic mass is 10.2. The molecule has 3 atom stereocenters. The van der Waals surface area contributed by atoms with Crippen molar-refractivity contribution in [2.45, 2.75) is 70.1 Å². The van der Waals surface area contributed by atoms with E-state index in [1.165, 1.54) is 17.7 Å². The quantitative estimate of drug-likeness (QED) is 0.754. The van der Waals surface area contributed by atoms with Crippen molar-refractivity contribution in [2.24, 2.45) is 0 Å². The molecule has 0 spiro atoms. The zero-order valence-corrected chi connectivity index (χ0v) is 12.5. The summed E-state index contributed by atoms with van der Waals surface area (Å²) in [7, 11) is 0. The number of carbonyl (C=O) groups excluding carboxylic acids is 2. The monoisotopic (exact) mass is 279 g/mol. The molecule has 1 saturated carbocycles. The lowest BCUT2D eigenvalue weighted by molar-refractivity contribution is -0.141. The molecule has 1 N–H and O–H groups in total. The Balaban J connectivity index is 1.56. The first-order chi connectivity index (χ1) is 9.60. The fraction of sp³-hybridized carbons (Fsp3) is 0.867. The molecular formula is C15H25N3O2. The zero-order chi connectivity index (χ0) is 14.3. The van der Waals surface area contributed by atoms with Crippen LogP contribution in [0.1, 0.15) is 46.0 Å². The summed E-state index contributed by atoms with van der Waals surface area (Å²) in [6.45, 7) is 6.12. The third-order valence-electron chi connectivity index (χ3n) is 4.93. The molecule has 3 unspecified atom stereocenters. The highest BCUT2D eigenvalue weighted by Gasteiger charge is 2.42. The second-order valence-electron chi connectivity index (χ2n) is 6.49. The van der Waals surface area contributed by atoms with E-state index >= 15 is 0 Å². The predicted molar refractivity (Wildman–Crippen MR) is 76.1 cm³/mol. The summed E-state index contributed by atoms with van der Waals surface area (Å²) in [5, 5.41) is 3.43. The zero-order valence-electron chi connectivity index (χ0n) is 12.5. The predicted octanol–water partition coefficient (Wildman–Crippen LogP) is 0.739. The van der Waals surface area contributed by atoms with Crippen molar-refractivity contribution in [3.63, 3.8) is 0 Å². The van der Waals surface area contributed by atoms with E-state index in [1.54, 1.807) is 0 Å². The Kier molecular flexibility index (Phi) is 3.82. The summed E-state index contributed by atoms with van der Waals surface area (Å²) in [5.74, 6) is -0.0342. The SMILES string of the molecule is CCC(C)N1C(=O)CC(NC2CCN(C3CC3)C2)C1=O. The van der Waals surface area contributed by atoms with E-state index in [1.807, 2.05) is 13.8 Å². The van der Waals surface area contributed by atoms with Crippen LogP contribution in [-0.4, -0.2) is 58.9 Å². The van der Waals surface area contributed by atoms with Gasteiger partial charge < -0.3 is 5.32 Å². The van der Waals surface area contributed by atoms with Crippen molar-refractivity contribution in [2.75, 3.05) is 13.1 Å². The molecule has 0 aromatic heterocycles. The highest BCUT2D eigenvalue weighted by molar-refractivity contribution is 6.05. The highest BCUT2D eigenvalue weighted by atomic mass is 16.2. The van der Waals surface area contributed by atoms with E-state index in [0.29, 0.717) is 12.5 Å². The van der Waals surface area contributed by atoms with Crippen LogP contribution in [0, 0.1) is 0 Å². The maximum atomic E-state index is 12.4. The molecule has 0 aromatic rings. The van der Waals surface area contributed by atoms with Gasteiger partial charge in [0, 0.05) is 31.2 Å². The fourth-order valence-corrected chi connectivity index (χ4v) is 3.41. The first-order valence-electron chi connectivity index (χ1n) is 7.96. The Morgan fingerprint density at radius 1 is 1.30 bits per heavy atom. The fourth-order valence-electron chi connectivity index (χ4n) is 3.41. The number of nitrogens with zero attached hydrogens (tertiary/aromatic N) is 2. The second kappa shape index (κ2) is 5.45. The van der Waals surface area contributed by atoms with Crippen molar-refractivity contribution >= 4 is 11.8 Å². The summed E-state index contributed by atoms with van der Waals surface area (Å²) in [5.41, 5.74) is 0. The minimum Gasteiger partial charge on any atom is -0.301 e. The number of nitrogens with one attached hydrogen (secondary N) is 1. The van der Waals surface area contributed by atoms with E-state index in [4.69, 9.17) is 0 Å². The van der Waals surface area contributed by atoms with Crippen molar-refractivity contribution in [3.8, 4) is 0 Å². The molecule has 0 aromatic carbocycles. The van der Waals surface area contributed by atoms with Gasteiger partial charge in [0.15, 0.2) is 0 Å². The summed E-state index contributed by atoms with van der Waals surface area (Å²) >= 11 is 0. The first kappa shape index (κ1) is 14.0. The van der Waals surface area contributed by atoms with E-state index in [9.17, 15) is 9.59 Å². The van der Waals surface area contributed by atoms with E-state index in [2.05, 4.69) is 10.2 Å². The van der Waals surface area contributed by atoms with Crippen LogP contribution in [0.5, 0.6) is 0 Å². The third-order valence-corrected chi connectivity index (χ3v) is 4.93. The maximum Gasteiger partial charge on any atom is 0.247 e.